The summed E-state index contributed by atoms with van der Waals surface area (Å²) in [6.45, 7) is 6.46. The number of rotatable bonds is 6. The minimum absolute atomic E-state index is 0.0738. The number of hydrogen-bond donors (Lipinski definition) is 1. The quantitative estimate of drug-likeness (QED) is 0.865. The molecule has 1 aliphatic rings. The topological polar surface area (TPSA) is 41.6 Å². The van der Waals surface area contributed by atoms with Gasteiger partial charge in [-0.05, 0) is 76.4 Å². The minimum atomic E-state index is -0.468. The van der Waals surface area contributed by atoms with Gasteiger partial charge in [-0.25, -0.2) is 0 Å². The molecule has 0 aliphatic carbocycles. The summed E-state index contributed by atoms with van der Waals surface area (Å²) in [4.78, 5) is 14.5. The minimum Gasteiger partial charge on any atom is -0.481 e. The number of nitrogens with one attached hydrogen (secondary N) is 1. The standard InChI is InChI=1S/C18H27ClN2O2/c1-13-12-16(4-5-17(13)19)23-14(2)18(22)21-10-7-15(8-11-21)6-9-20-3/h4-5,12,14-15,20H,6-11H2,1-3H3. The molecule has 23 heavy (non-hydrogen) atoms. The molecule has 0 saturated carbocycles. The molecule has 1 atom stereocenters. The number of ether oxygens (including phenoxy) is 1. The molecular weight excluding hydrogens is 312 g/mol. The highest BCUT2D eigenvalue weighted by molar-refractivity contribution is 6.31. The van der Waals surface area contributed by atoms with Crippen LogP contribution < -0.4 is 10.1 Å². The number of hydrogen-bond acceptors (Lipinski definition) is 3. The first-order chi connectivity index (χ1) is 11.0. The van der Waals surface area contributed by atoms with Crippen molar-refractivity contribution < 1.29 is 9.53 Å². The van der Waals surface area contributed by atoms with Crippen LogP contribution in [0.3, 0.4) is 0 Å². The summed E-state index contributed by atoms with van der Waals surface area (Å²) in [5, 5.41) is 3.90. The van der Waals surface area contributed by atoms with Crippen molar-refractivity contribution >= 4 is 17.5 Å². The van der Waals surface area contributed by atoms with Crippen molar-refractivity contribution in [3.05, 3.63) is 28.8 Å². The lowest BCUT2D eigenvalue weighted by Gasteiger charge is -2.33. The lowest BCUT2D eigenvalue weighted by Crippen LogP contribution is -2.45. The number of likely N-dealkylation sites (tertiary alicyclic amines) is 1. The number of amides is 1. The Morgan fingerprint density at radius 2 is 2.13 bits per heavy atom. The third-order valence-electron chi connectivity index (χ3n) is 4.52. The van der Waals surface area contributed by atoms with Crippen molar-refractivity contribution in [2.24, 2.45) is 5.92 Å². The van der Waals surface area contributed by atoms with Crippen LogP contribution in [-0.2, 0) is 4.79 Å². The van der Waals surface area contributed by atoms with Gasteiger partial charge in [-0.2, -0.15) is 0 Å². The highest BCUT2D eigenvalue weighted by Gasteiger charge is 2.26. The van der Waals surface area contributed by atoms with E-state index >= 15 is 0 Å². The summed E-state index contributed by atoms with van der Waals surface area (Å²) >= 11 is 6.02. The van der Waals surface area contributed by atoms with Crippen molar-refractivity contribution in [3.63, 3.8) is 0 Å². The van der Waals surface area contributed by atoms with Crippen LogP contribution in [0.4, 0.5) is 0 Å². The van der Waals surface area contributed by atoms with Crippen molar-refractivity contribution in [2.45, 2.75) is 39.2 Å². The zero-order valence-electron chi connectivity index (χ0n) is 14.3. The molecule has 128 valence electrons. The predicted molar refractivity (Wildman–Crippen MR) is 94.1 cm³/mol. The van der Waals surface area contributed by atoms with Gasteiger partial charge in [-0.1, -0.05) is 11.6 Å². The highest BCUT2D eigenvalue weighted by Crippen LogP contribution is 2.24. The Balaban J connectivity index is 1.84. The van der Waals surface area contributed by atoms with E-state index in [9.17, 15) is 4.79 Å². The molecule has 4 nitrogen and oxygen atoms in total. The zero-order chi connectivity index (χ0) is 16.8. The second kappa shape index (κ2) is 8.55. The maximum absolute atomic E-state index is 12.5. The van der Waals surface area contributed by atoms with Crippen LogP contribution in [0.15, 0.2) is 18.2 Å². The molecule has 0 aromatic heterocycles. The number of nitrogens with zero attached hydrogens (tertiary/aromatic N) is 1. The summed E-state index contributed by atoms with van der Waals surface area (Å²) in [6.07, 6.45) is 2.89. The molecular formula is C18H27ClN2O2. The van der Waals surface area contributed by atoms with E-state index in [0.29, 0.717) is 10.8 Å². The largest absolute Gasteiger partial charge is 0.481 e. The molecule has 1 aromatic rings. The van der Waals surface area contributed by atoms with Gasteiger partial charge < -0.3 is 15.0 Å². The molecule has 1 unspecified atom stereocenters. The van der Waals surface area contributed by atoms with Gasteiger partial charge in [0, 0.05) is 18.1 Å². The summed E-state index contributed by atoms with van der Waals surface area (Å²) in [5.74, 6) is 1.49. The van der Waals surface area contributed by atoms with Crippen molar-refractivity contribution in [1.29, 1.82) is 0 Å². The van der Waals surface area contributed by atoms with E-state index in [0.717, 1.165) is 44.0 Å². The van der Waals surface area contributed by atoms with Crippen LogP contribution in [0.1, 0.15) is 31.7 Å². The number of carbonyl (C=O) groups excluding carboxylic acids is 1. The Kier molecular flexibility index (Phi) is 6.72. The SMILES string of the molecule is CNCCC1CCN(C(=O)C(C)Oc2ccc(Cl)c(C)c2)CC1. The molecule has 1 amide bonds. The molecule has 1 heterocycles. The molecule has 1 saturated heterocycles. The first-order valence-corrected chi connectivity index (χ1v) is 8.75. The van der Waals surface area contributed by atoms with Crippen LogP contribution in [0.25, 0.3) is 0 Å². The molecule has 0 radical (unpaired) electrons. The van der Waals surface area contributed by atoms with Crippen LogP contribution in [0.2, 0.25) is 5.02 Å². The van der Waals surface area contributed by atoms with Gasteiger partial charge in [0.05, 0.1) is 0 Å². The predicted octanol–water partition coefficient (Wildman–Crippen LogP) is 3.26. The van der Waals surface area contributed by atoms with E-state index in [1.807, 2.05) is 37.9 Å². The molecule has 5 heteroatoms. The average Bonchev–Trinajstić information content (AvgIpc) is 2.56. The maximum Gasteiger partial charge on any atom is 0.263 e. The van der Waals surface area contributed by atoms with Gasteiger partial charge >= 0.3 is 0 Å². The summed E-state index contributed by atoms with van der Waals surface area (Å²) < 4.78 is 5.80. The smallest absolute Gasteiger partial charge is 0.263 e. The highest BCUT2D eigenvalue weighted by atomic mass is 35.5. The number of benzene rings is 1. The molecule has 1 aliphatic heterocycles. The van der Waals surface area contributed by atoms with E-state index < -0.39 is 6.10 Å². The van der Waals surface area contributed by atoms with Gasteiger partial charge in [-0.15, -0.1) is 0 Å². The van der Waals surface area contributed by atoms with Crippen LogP contribution >= 0.6 is 11.6 Å². The fourth-order valence-electron chi connectivity index (χ4n) is 2.99. The molecule has 0 spiro atoms. The van der Waals surface area contributed by atoms with Crippen LogP contribution in [-0.4, -0.2) is 43.6 Å². The van der Waals surface area contributed by atoms with E-state index in [1.54, 1.807) is 6.07 Å². The van der Waals surface area contributed by atoms with Gasteiger partial charge in [0.15, 0.2) is 6.10 Å². The molecule has 1 N–H and O–H groups in total. The number of halogens is 1. The van der Waals surface area contributed by atoms with E-state index in [1.165, 1.54) is 6.42 Å². The second-order valence-corrected chi connectivity index (χ2v) is 6.74. The summed E-state index contributed by atoms with van der Waals surface area (Å²) in [6, 6.07) is 5.48. The van der Waals surface area contributed by atoms with Gasteiger partial charge in [-0.3, -0.25) is 4.79 Å². The average molecular weight is 339 g/mol. The molecule has 1 aromatic carbocycles. The van der Waals surface area contributed by atoms with Gasteiger partial charge in [0.2, 0.25) is 0 Å². The number of piperidine rings is 1. The lowest BCUT2D eigenvalue weighted by atomic mass is 9.93. The van der Waals surface area contributed by atoms with Crippen molar-refractivity contribution in [2.75, 3.05) is 26.7 Å². The fourth-order valence-corrected chi connectivity index (χ4v) is 3.11. The van der Waals surface area contributed by atoms with Crippen LogP contribution in [0, 0.1) is 12.8 Å². The Morgan fingerprint density at radius 1 is 1.43 bits per heavy atom. The second-order valence-electron chi connectivity index (χ2n) is 6.33. The number of carbonyl (C=O) groups is 1. The first-order valence-electron chi connectivity index (χ1n) is 8.37. The van der Waals surface area contributed by atoms with E-state index in [-0.39, 0.29) is 5.91 Å². The van der Waals surface area contributed by atoms with Crippen molar-refractivity contribution in [1.82, 2.24) is 10.2 Å². The molecule has 0 bridgehead atoms. The molecule has 2 rings (SSSR count). The van der Waals surface area contributed by atoms with Crippen LogP contribution in [0.5, 0.6) is 5.75 Å². The van der Waals surface area contributed by atoms with E-state index in [4.69, 9.17) is 16.3 Å². The maximum atomic E-state index is 12.5. The Morgan fingerprint density at radius 3 is 2.74 bits per heavy atom. The normalized spacial score (nSPS) is 17.1. The van der Waals surface area contributed by atoms with Crippen molar-refractivity contribution in [3.8, 4) is 5.75 Å². The monoisotopic (exact) mass is 338 g/mol. The first kappa shape index (κ1) is 18.1. The zero-order valence-corrected chi connectivity index (χ0v) is 15.0. The van der Waals surface area contributed by atoms with Gasteiger partial charge in [0.25, 0.3) is 5.91 Å². The Labute approximate surface area is 144 Å². The summed E-state index contributed by atoms with van der Waals surface area (Å²) in [7, 11) is 1.98. The van der Waals surface area contributed by atoms with E-state index in [2.05, 4.69) is 5.32 Å². The Hall–Kier alpha value is -1.26. The Bertz CT molecular complexity index is 528. The fraction of sp³-hybridized carbons (Fsp3) is 0.611. The number of aryl methyl sites for hydroxylation is 1. The third kappa shape index (κ3) is 5.11. The third-order valence-corrected chi connectivity index (χ3v) is 4.94. The lowest BCUT2D eigenvalue weighted by molar-refractivity contribution is -0.139. The summed E-state index contributed by atoms with van der Waals surface area (Å²) in [5.41, 5.74) is 0.953. The molecule has 1 fully saturated rings. The van der Waals surface area contributed by atoms with Gasteiger partial charge in [0.1, 0.15) is 5.75 Å².